The van der Waals surface area contributed by atoms with E-state index in [-0.39, 0.29) is 17.0 Å². The zero-order valence-electron chi connectivity index (χ0n) is 18.7. The minimum Gasteiger partial charge on any atom is -0.331 e. The molecule has 4 rings (SSSR count). The van der Waals surface area contributed by atoms with Gasteiger partial charge in [-0.3, -0.25) is 4.79 Å². The van der Waals surface area contributed by atoms with Gasteiger partial charge in [-0.15, -0.1) is 0 Å². The Balaban J connectivity index is 1.71. The predicted octanol–water partition coefficient (Wildman–Crippen LogP) is 4.42. The molecule has 27 heavy (non-hydrogen) atoms. The summed E-state index contributed by atoms with van der Waals surface area (Å²) in [6.45, 7) is 1.92. The number of fused-ring (bicyclic) bond motifs is 1. The second-order valence-corrected chi connectivity index (χ2v) is 6.53. The fourth-order valence-corrected chi connectivity index (χ4v) is 3.05. The normalized spacial score (nSPS) is 13.1. The largest absolute Gasteiger partial charge is 0.331 e. The Labute approximate surface area is 167 Å². The molecule has 0 atom stereocenters. The first-order valence-electron chi connectivity index (χ1n) is 10.2. The van der Waals surface area contributed by atoms with Gasteiger partial charge in [-0.05, 0) is 37.2 Å². The van der Waals surface area contributed by atoms with Crippen molar-refractivity contribution in [2.45, 2.75) is 13.3 Å². The van der Waals surface area contributed by atoms with E-state index in [2.05, 4.69) is 15.2 Å². The van der Waals surface area contributed by atoms with Crippen molar-refractivity contribution in [1.82, 2.24) is 19.7 Å². The van der Waals surface area contributed by atoms with E-state index < -0.39 is 30.0 Å². The molecule has 0 radical (unpaired) electrons. The molecule has 0 amide bonds. The molecule has 0 aliphatic heterocycles. The van der Waals surface area contributed by atoms with E-state index >= 15 is 0 Å². The molecule has 2 aromatic carbocycles. The Hall–Kier alpha value is -3.05. The highest BCUT2D eigenvalue weighted by Gasteiger charge is 2.13. The number of carbonyl (C=O) groups excluding carboxylic acids is 1. The van der Waals surface area contributed by atoms with E-state index in [1.54, 1.807) is 12.3 Å². The SMILES string of the molecule is [2H]c1c([2H])c([2H])c(C(=O)Cc2cc3cc(-c4cnc(C)n4C)ccc3nn2)c(Cl)c1[2H]. The van der Waals surface area contributed by atoms with Crippen LogP contribution < -0.4 is 0 Å². The Morgan fingerprint density at radius 3 is 2.81 bits per heavy atom. The molecule has 0 spiro atoms. The third kappa shape index (κ3) is 3.34. The number of benzene rings is 2. The zero-order chi connectivity index (χ0) is 22.4. The second kappa shape index (κ2) is 6.93. The van der Waals surface area contributed by atoms with E-state index in [1.807, 2.05) is 36.7 Å². The lowest BCUT2D eigenvalue weighted by atomic mass is 10.0. The van der Waals surface area contributed by atoms with E-state index in [4.69, 9.17) is 17.1 Å². The smallest absolute Gasteiger partial charge is 0.170 e. The number of rotatable bonds is 4. The molecule has 0 saturated heterocycles. The van der Waals surface area contributed by atoms with Crippen LogP contribution in [0.4, 0.5) is 0 Å². The van der Waals surface area contributed by atoms with Crippen molar-refractivity contribution in [2.75, 3.05) is 0 Å². The lowest BCUT2D eigenvalue weighted by molar-refractivity contribution is 0.0992. The summed E-state index contributed by atoms with van der Waals surface area (Å²) in [7, 11) is 1.93. The molecule has 2 aromatic heterocycles. The van der Waals surface area contributed by atoms with Gasteiger partial charge >= 0.3 is 0 Å². The van der Waals surface area contributed by atoms with Crippen LogP contribution in [0.5, 0.6) is 0 Å². The quantitative estimate of drug-likeness (QED) is 0.492. The standard InChI is InChI=1S/C21H17ClN4O/c1-13-23-12-20(26(13)2)14-7-8-19-15(9-14)10-16(24-25-19)11-21(27)17-5-3-4-6-18(17)22/h3-10,12H,11H2,1-2H3/i3D,4D,5D,6D. The van der Waals surface area contributed by atoms with Crippen LogP contribution >= 0.6 is 11.6 Å². The molecule has 0 fully saturated rings. The first kappa shape index (κ1) is 13.2. The number of nitrogens with zero attached hydrogens (tertiary/aromatic N) is 4. The molecule has 0 aliphatic carbocycles. The minimum absolute atomic E-state index is 0.195. The van der Waals surface area contributed by atoms with Crippen LogP contribution in [0.25, 0.3) is 22.2 Å². The topological polar surface area (TPSA) is 60.7 Å². The van der Waals surface area contributed by atoms with Crippen LogP contribution in [0.15, 0.2) is 54.6 Å². The maximum atomic E-state index is 12.8. The van der Waals surface area contributed by atoms with Crippen LogP contribution in [0.1, 0.15) is 27.4 Å². The molecular formula is C21H17ClN4O. The molecule has 134 valence electrons. The van der Waals surface area contributed by atoms with Crippen molar-refractivity contribution in [3.05, 3.63) is 76.7 Å². The van der Waals surface area contributed by atoms with E-state index in [0.29, 0.717) is 11.2 Å². The molecule has 5 nitrogen and oxygen atoms in total. The highest BCUT2D eigenvalue weighted by molar-refractivity contribution is 6.34. The van der Waals surface area contributed by atoms with Gasteiger partial charge in [0.1, 0.15) is 5.82 Å². The summed E-state index contributed by atoms with van der Waals surface area (Å²) in [4.78, 5) is 17.1. The summed E-state index contributed by atoms with van der Waals surface area (Å²) >= 11 is 6.06. The average molecular weight is 381 g/mol. The molecular weight excluding hydrogens is 360 g/mol. The molecule has 2 heterocycles. The monoisotopic (exact) mass is 380 g/mol. The Morgan fingerprint density at radius 2 is 2.04 bits per heavy atom. The van der Waals surface area contributed by atoms with Crippen LogP contribution in [0, 0.1) is 6.92 Å². The number of Topliss-reactive ketones (excluding diaryl/α,β-unsaturated/α-hetero) is 1. The number of halogens is 1. The van der Waals surface area contributed by atoms with E-state index in [9.17, 15) is 4.79 Å². The molecule has 0 saturated carbocycles. The number of hydrogen-bond acceptors (Lipinski definition) is 4. The highest BCUT2D eigenvalue weighted by Crippen LogP contribution is 2.24. The Kier molecular flexibility index (Phi) is 3.38. The fraction of sp³-hybridized carbons (Fsp3) is 0.143. The third-order valence-electron chi connectivity index (χ3n) is 4.41. The Morgan fingerprint density at radius 1 is 1.22 bits per heavy atom. The van der Waals surface area contributed by atoms with Crippen LogP contribution in [0.3, 0.4) is 0 Å². The van der Waals surface area contributed by atoms with Gasteiger partial charge in [-0.1, -0.05) is 29.8 Å². The molecule has 6 heteroatoms. The van der Waals surface area contributed by atoms with Gasteiger partial charge in [0.25, 0.3) is 0 Å². The number of hydrogen-bond donors (Lipinski definition) is 0. The van der Waals surface area contributed by atoms with Gasteiger partial charge in [-0.25, -0.2) is 4.98 Å². The molecule has 0 N–H and O–H groups in total. The number of aryl methyl sites for hydroxylation is 1. The lowest BCUT2D eigenvalue weighted by Crippen LogP contribution is -2.06. The van der Waals surface area contributed by atoms with Crippen molar-refractivity contribution in [1.29, 1.82) is 0 Å². The summed E-state index contributed by atoms with van der Waals surface area (Å²) in [6.07, 6.45) is 1.60. The summed E-state index contributed by atoms with van der Waals surface area (Å²) in [5, 5.41) is 8.76. The van der Waals surface area contributed by atoms with E-state index in [1.165, 1.54) is 0 Å². The number of aromatic nitrogens is 4. The minimum atomic E-state index is -0.552. The summed E-state index contributed by atoms with van der Waals surface area (Å²) in [5.41, 5.74) is 2.69. The zero-order valence-corrected chi connectivity index (χ0v) is 15.4. The van der Waals surface area contributed by atoms with Gasteiger partial charge in [-0.2, -0.15) is 10.2 Å². The second-order valence-electron chi connectivity index (χ2n) is 6.15. The van der Waals surface area contributed by atoms with Gasteiger partial charge in [0.2, 0.25) is 0 Å². The first-order chi connectivity index (χ1) is 14.7. The van der Waals surface area contributed by atoms with Crippen molar-refractivity contribution in [3.8, 4) is 11.3 Å². The fourth-order valence-electron chi connectivity index (χ4n) is 2.85. The summed E-state index contributed by atoms with van der Waals surface area (Å²) in [6, 6.07) is 5.58. The van der Waals surface area contributed by atoms with Crippen molar-refractivity contribution >= 4 is 28.3 Å². The maximum absolute atomic E-state index is 12.8. The van der Waals surface area contributed by atoms with Gasteiger partial charge in [0.05, 0.1) is 40.0 Å². The maximum Gasteiger partial charge on any atom is 0.170 e. The molecule has 0 aliphatic rings. The van der Waals surface area contributed by atoms with Crippen molar-refractivity contribution in [2.24, 2.45) is 7.05 Å². The molecule has 0 bridgehead atoms. The number of imidazole rings is 1. The van der Waals surface area contributed by atoms with E-state index in [0.717, 1.165) is 22.5 Å². The summed E-state index contributed by atoms with van der Waals surface area (Å²) in [5.74, 6) is 0.336. The summed E-state index contributed by atoms with van der Waals surface area (Å²) < 4.78 is 33.3. The van der Waals surface area contributed by atoms with Crippen molar-refractivity contribution < 1.29 is 10.3 Å². The molecule has 4 aromatic rings. The van der Waals surface area contributed by atoms with Gasteiger partial charge in [0.15, 0.2) is 5.78 Å². The van der Waals surface area contributed by atoms with Gasteiger partial charge in [0, 0.05) is 23.6 Å². The number of carbonyl (C=O) groups is 1. The van der Waals surface area contributed by atoms with Crippen molar-refractivity contribution in [3.63, 3.8) is 0 Å². The van der Waals surface area contributed by atoms with Crippen LogP contribution in [0.2, 0.25) is 5.02 Å². The number of ketones is 1. The Bertz CT molecular complexity index is 1340. The average Bonchev–Trinajstić information content (AvgIpc) is 3.09. The predicted molar refractivity (Wildman–Crippen MR) is 106 cm³/mol. The first-order valence-corrected chi connectivity index (χ1v) is 8.61. The molecule has 0 unspecified atom stereocenters. The van der Waals surface area contributed by atoms with Gasteiger partial charge < -0.3 is 4.57 Å². The third-order valence-corrected chi connectivity index (χ3v) is 4.70. The highest BCUT2D eigenvalue weighted by atomic mass is 35.5. The lowest BCUT2D eigenvalue weighted by Gasteiger charge is -2.07. The van der Waals surface area contributed by atoms with Crippen LogP contribution in [-0.4, -0.2) is 25.5 Å². The van der Waals surface area contributed by atoms with Crippen LogP contribution in [-0.2, 0) is 13.5 Å².